The zero-order valence-corrected chi connectivity index (χ0v) is 8.07. The smallest absolute Gasteiger partial charge is 0.217 e. The van der Waals surface area contributed by atoms with Gasteiger partial charge in [0.15, 0.2) is 0 Å². The number of rotatable bonds is 4. The van der Waals surface area contributed by atoms with E-state index in [-0.39, 0.29) is 5.91 Å². The fraction of sp³-hybridized carbons (Fsp3) is 0.857. The van der Waals surface area contributed by atoms with E-state index in [9.17, 15) is 4.79 Å². The summed E-state index contributed by atoms with van der Waals surface area (Å²) in [6.07, 6.45) is 2.02. The summed E-state index contributed by atoms with van der Waals surface area (Å²) in [6.45, 7) is 3.63. The Morgan fingerprint density at radius 2 is 2.30 bits per heavy atom. The molecule has 0 aromatic heterocycles. The molecular weight excluding hydrogens is 194 g/mol. The zero-order chi connectivity index (χ0) is 7.98. The summed E-state index contributed by atoms with van der Waals surface area (Å²) in [5.41, 5.74) is 0. The normalized spacial score (nSPS) is 12.7. The molecule has 0 bridgehead atoms. The molecule has 0 spiro atoms. The van der Waals surface area contributed by atoms with Crippen LogP contribution in [-0.2, 0) is 4.79 Å². The number of carbonyl (C=O) groups excluding carboxylic acids is 1. The maximum Gasteiger partial charge on any atom is 0.217 e. The topological polar surface area (TPSA) is 29.1 Å². The van der Waals surface area contributed by atoms with Gasteiger partial charge in [-0.3, -0.25) is 4.79 Å². The first-order chi connectivity index (χ1) is 4.70. The van der Waals surface area contributed by atoms with E-state index in [4.69, 9.17) is 0 Å². The Morgan fingerprint density at radius 3 is 2.60 bits per heavy atom. The Labute approximate surface area is 70.5 Å². The van der Waals surface area contributed by atoms with Gasteiger partial charge in [0.25, 0.3) is 0 Å². The standard InChI is InChI=1S/C7H14BrNO/c1-3-7(4-5-8)9-6(2)10/h7H,3-5H2,1-2H3,(H,9,10). The van der Waals surface area contributed by atoms with E-state index >= 15 is 0 Å². The summed E-state index contributed by atoms with van der Waals surface area (Å²) in [5, 5.41) is 3.81. The molecule has 0 fully saturated rings. The Morgan fingerprint density at radius 1 is 1.70 bits per heavy atom. The van der Waals surface area contributed by atoms with Gasteiger partial charge in [0, 0.05) is 18.3 Å². The SMILES string of the molecule is CCC(CCBr)NC(C)=O. The largest absolute Gasteiger partial charge is 0.354 e. The molecule has 0 aliphatic heterocycles. The Kier molecular flexibility index (Phi) is 5.69. The third-order valence-corrected chi connectivity index (χ3v) is 1.82. The number of halogens is 1. The number of amides is 1. The van der Waals surface area contributed by atoms with E-state index in [0.29, 0.717) is 6.04 Å². The molecule has 0 radical (unpaired) electrons. The van der Waals surface area contributed by atoms with Crippen LogP contribution in [0.5, 0.6) is 0 Å². The number of hydrogen-bond acceptors (Lipinski definition) is 1. The highest BCUT2D eigenvalue weighted by Crippen LogP contribution is 1.99. The van der Waals surface area contributed by atoms with Crippen molar-refractivity contribution in [3.05, 3.63) is 0 Å². The molecule has 0 aromatic rings. The second-order valence-corrected chi connectivity index (χ2v) is 3.08. The maximum absolute atomic E-state index is 10.6. The van der Waals surface area contributed by atoms with Crippen LogP contribution >= 0.6 is 15.9 Å². The first-order valence-electron chi connectivity index (χ1n) is 3.53. The lowest BCUT2D eigenvalue weighted by Gasteiger charge is -2.13. The van der Waals surface area contributed by atoms with E-state index in [1.807, 2.05) is 0 Å². The number of hydrogen-bond donors (Lipinski definition) is 1. The molecule has 0 heterocycles. The lowest BCUT2D eigenvalue weighted by molar-refractivity contribution is -0.119. The maximum atomic E-state index is 10.6. The van der Waals surface area contributed by atoms with Gasteiger partial charge in [-0.15, -0.1) is 0 Å². The molecule has 0 aromatic carbocycles. The van der Waals surface area contributed by atoms with Gasteiger partial charge in [0.05, 0.1) is 0 Å². The van der Waals surface area contributed by atoms with Gasteiger partial charge in [0.2, 0.25) is 5.91 Å². The van der Waals surface area contributed by atoms with Crippen molar-refractivity contribution < 1.29 is 4.79 Å². The highest BCUT2D eigenvalue weighted by molar-refractivity contribution is 9.09. The number of alkyl halides is 1. The summed E-state index contributed by atoms with van der Waals surface area (Å²) < 4.78 is 0. The van der Waals surface area contributed by atoms with Gasteiger partial charge in [-0.1, -0.05) is 22.9 Å². The molecule has 0 saturated heterocycles. The highest BCUT2D eigenvalue weighted by atomic mass is 79.9. The minimum absolute atomic E-state index is 0.0628. The zero-order valence-electron chi connectivity index (χ0n) is 6.48. The number of nitrogens with one attached hydrogen (secondary N) is 1. The van der Waals surface area contributed by atoms with E-state index in [1.165, 1.54) is 0 Å². The predicted molar refractivity (Wildman–Crippen MR) is 46.3 cm³/mol. The average Bonchev–Trinajstić information content (AvgIpc) is 1.86. The second-order valence-electron chi connectivity index (χ2n) is 2.28. The summed E-state index contributed by atoms with van der Waals surface area (Å²) in [6, 6.07) is 0.344. The first kappa shape index (κ1) is 9.95. The first-order valence-corrected chi connectivity index (χ1v) is 4.66. The molecule has 3 heteroatoms. The van der Waals surface area contributed by atoms with Crippen LogP contribution in [0, 0.1) is 0 Å². The van der Waals surface area contributed by atoms with Crippen LogP contribution in [0.15, 0.2) is 0 Å². The molecule has 10 heavy (non-hydrogen) atoms. The fourth-order valence-electron chi connectivity index (χ4n) is 0.798. The minimum Gasteiger partial charge on any atom is -0.354 e. The fourth-order valence-corrected chi connectivity index (χ4v) is 1.35. The lowest BCUT2D eigenvalue weighted by Crippen LogP contribution is -2.32. The summed E-state index contributed by atoms with van der Waals surface area (Å²) in [4.78, 5) is 10.6. The Bertz CT molecular complexity index is 106. The van der Waals surface area contributed by atoms with Crippen molar-refractivity contribution >= 4 is 21.8 Å². The molecule has 0 saturated carbocycles. The third-order valence-electron chi connectivity index (χ3n) is 1.36. The third kappa shape index (κ3) is 4.79. The molecule has 1 N–H and O–H groups in total. The van der Waals surface area contributed by atoms with Crippen molar-refractivity contribution in [2.24, 2.45) is 0 Å². The van der Waals surface area contributed by atoms with Crippen molar-refractivity contribution in [2.75, 3.05) is 5.33 Å². The van der Waals surface area contributed by atoms with Crippen LogP contribution in [0.2, 0.25) is 0 Å². The molecule has 0 aliphatic carbocycles. The Hall–Kier alpha value is -0.0500. The van der Waals surface area contributed by atoms with E-state index < -0.39 is 0 Å². The van der Waals surface area contributed by atoms with Gasteiger partial charge < -0.3 is 5.32 Å². The second kappa shape index (κ2) is 5.71. The molecule has 60 valence electrons. The lowest BCUT2D eigenvalue weighted by atomic mass is 10.2. The van der Waals surface area contributed by atoms with Crippen LogP contribution in [-0.4, -0.2) is 17.3 Å². The molecule has 0 aliphatic rings. The van der Waals surface area contributed by atoms with Crippen LogP contribution < -0.4 is 5.32 Å². The molecule has 1 amide bonds. The van der Waals surface area contributed by atoms with Crippen LogP contribution in [0.1, 0.15) is 26.7 Å². The van der Waals surface area contributed by atoms with Crippen molar-refractivity contribution in [3.8, 4) is 0 Å². The van der Waals surface area contributed by atoms with Crippen molar-refractivity contribution in [1.29, 1.82) is 0 Å². The molecule has 0 rings (SSSR count). The predicted octanol–water partition coefficient (Wildman–Crippen LogP) is 1.69. The number of carbonyl (C=O) groups is 1. The molecule has 1 unspecified atom stereocenters. The summed E-state index contributed by atoms with van der Waals surface area (Å²) >= 11 is 3.33. The average molecular weight is 208 g/mol. The highest BCUT2D eigenvalue weighted by Gasteiger charge is 2.04. The van der Waals surface area contributed by atoms with Gasteiger partial charge in [-0.25, -0.2) is 0 Å². The van der Waals surface area contributed by atoms with E-state index in [0.717, 1.165) is 18.2 Å². The van der Waals surface area contributed by atoms with Crippen molar-refractivity contribution in [3.63, 3.8) is 0 Å². The van der Waals surface area contributed by atoms with E-state index in [2.05, 4.69) is 28.2 Å². The van der Waals surface area contributed by atoms with Gasteiger partial charge >= 0.3 is 0 Å². The van der Waals surface area contributed by atoms with Crippen LogP contribution in [0.4, 0.5) is 0 Å². The molecule has 2 nitrogen and oxygen atoms in total. The quantitative estimate of drug-likeness (QED) is 0.699. The summed E-state index contributed by atoms with van der Waals surface area (Å²) in [7, 11) is 0. The van der Waals surface area contributed by atoms with Crippen LogP contribution in [0.3, 0.4) is 0 Å². The van der Waals surface area contributed by atoms with Gasteiger partial charge in [-0.2, -0.15) is 0 Å². The van der Waals surface area contributed by atoms with Gasteiger partial charge in [0.1, 0.15) is 0 Å². The molecular formula is C7H14BrNO. The van der Waals surface area contributed by atoms with Crippen molar-refractivity contribution in [1.82, 2.24) is 5.32 Å². The molecule has 1 atom stereocenters. The monoisotopic (exact) mass is 207 g/mol. The van der Waals surface area contributed by atoms with Gasteiger partial charge in [-0.05, 0) is 12.8 Å². The minimum atomic E-state index is 0.0628. The van der Waals surface area contributed by atoms with E-state index in [1.54, 1.807) is 6.92 Å². The summed E-state index contributed by atoms with van der Waals surface area (Å²) in [5.74, 6) is 0.0628. The Balaban J connectivity index is 3.49. The van der Waals surface area contributed by atoms with Crippen molar-refractivity contribution in [2.45, 2.75) is 32.7 Å². The van der Waals surface area contributed by atoms with Crippen LogP contribution in [0.25, 0.3) is 0 Å².